The van der Waals surface area contributed by atoms with Crippen molar-refractivity contribution in [2.24, 2.45) is 0 Å². The topological polar surface area (TPSA) is 67.4 Å². The van der Waals surface area contributed by atoms with Crippen LogP contribution in [-0.4, -0.2) is 24.5 Å². The molecule has 1 aromatic carbocycles. The number of cyclic esters (lactones) is 1. The Bertz CT molecular complexity index is 502. The molecule has 0 aliphatic carbocycles. The van der Waals surface area contributed by atoms with Crippen molar-refractivity contribution < 1.29 is 23.1 Å². The second kappa shape index (κ2) is 4.83. The maximum Gasteiger partial charge on any atom is 0.408 e. The highest BCUT2D eigenvalue weighted by molar-refractivity contribution is 5.88. The van der Waals surface area contributed by atoms with Gasteiger partial charge in [0.25, 0.3) is 0 Å². The second-order valence-corrected chi connectivity index (χ2v) is 4.22. The van der Waals surface area contributed by atoms with E-state index < -0.39 is 24.7 Å². The summed E-state index contributed by atoms with van der Waals surface area (Å²) in [5.74, 6) is -3.43. The Labute approximate surface area is 107 Å². The van der Waals surface area contributed by atoms with E-state index in [4.69, 9.17) is 0 Å². The average molecular weight is 270 g/mol. The summed E-state index contributed by atoms with van der Waals surface area (Å²) in [7, 11) is 0. The number of rotatable bonds is 2. The Morgan fingerprint density at radius 1 is 1.42 bits per heavy atom. The predicted octanol–water partition coefficient (Wildman–Crippen LogP) is 2.06. The first-order valence-corrected chi connectivity index (χ1v) is 5.57. The zero-order valence-electron chi connectivity index (χ0n) is 10.1. The van der Waals surface area contributed by atoms with Crippen LogP contribution in [0.3, 0.4) is 0 Å². The van der Waals surface area contributed by atoms with Crippen molar-refractivity contribution in [2.75, 3.05) is 11.9 Å². The number of carbonyl (C=O) groups excluding carboxylic acids is 2. The van der Waals surface area contributed by atoms with Gasteiger partial charge in [0.05, 0.1) is 0 Å². The largest absolute Gasteiger partial charge is 0.443 e. The number of amides is 2. The third-order valence-electron chi connectivity index (χ3n) is 2.64. The van der Waals surface area contributed by atoms with Crippen LogP contribution in [0.4, 0.5) is 19.3 Å². The number of nitrogens with one attached hydrogen (secondary N) is 2. The summed E-state index contributed by atoms with van der Waals surface area (Å²) < 4.78 is 31.5. The van der Waals surface area contributed by atoms with Gasteiger partial charge in [-0.1, -0.05) is 12.1 Å². The van der Waals surface area contributed by atoms with Gasteiger partial charge in [0.15, 0.2) is 6.61 Å². The number of carbonyl (C=O) groups is 2. The van der Waals surface area contributed by atoms with Crippen molar-refractivity contribution >= 4 is 17.7 Å². The van der Waals surface area contributed by atoms with Crippen molar-refractivity contribution in [1.29, 1.82) is 0 Å². The van der Waals surface area contributed by atoms with Gasteiger partial charge < -0.3 is 15.4 Å². The molecule has 7 heteroatoms. The quantitative estimate of drug-likeness (QED) is 0.864. The smallest absolute Gasteiger partial charge is 0.408 e. The molecule has 1 fully saturated rings. The Hall–Kier alpha value is -2.18. The van der Waals surface area contributed by atoms with Gasteiger partial charge in [-0.05, 0) is 17.7 Å². The van der Waals surface area contributed by atoms with E-state index in [-0.39, 0.29) is 11.5 Å². The van der Waals surface area contributed by atoms with E-state index in [0.717, 1.165) is 0 Å². The Balaban J connectivity index is 2.20. The molecule has 1 aromatic rings. The number of halogens is 2. The number of alkyl halides is 2. The molecule has 0 spiro atoms. The van der Waals surface area contributed by atoms with Crippen molar-refractivity contribution in [3.05, 3.63) is 29.8 Å². The molecule has 102 valence electrons. The van der Waals surface area contributed by atoms with Gasteiger partial charge in [-0.3, -0.25) is 4.79 Å². The van der Waals surface area contributed by atoms with E-state index in [9.17, 15) is 18.4 Å². The lowest BCUT2D eigenvalue weighted by atomic mass is 10.00. The fraction of sp³-hybridized carbons (Fsp3) is 0.333. The van der Waals surface area contributed by atoms with Crippen LogP contribution in [-0.2, 0) is 9.53 Å². The number of ether oxygens (including phenoxy) is 1. The number of benzene rings is 1. The fourth-order valence-electron chi connectivity index (χ4n) is 1.80. The van der Waals surface area contributed by atoms with Gasteiger partial charge >= 0.3 is 12.0 Å². The number of anilines is 1. The van der Waals surface area contributed by atoms with Gasteiger partial charge in [0.1, 0.15) is 6.04 Å². The fourth-order valence-corrected chi connectivity index (χ4v) is 1.80. The van der Waals surface area contributed by atoms with Crippen LogP contribution in [0.25, 0.3) is 0 Å². The highest BCUT2D eigenvalue weighted by atomic mass is 19.3. The van der Waals surface area contributed by atoms with Gasteiger partial charge in [-0.2, -0.15) is 0 Å². The zero-order valence-corrected chi connectivity index (χ0v) is 10.1. The third-order valence-corrected chi connectivity index (χ3v) is 2.64. The molecule has 2 rings (SSSR count). The van der Waals surface area contributed by atoms with E-state index in [2.05, 4.69) is 15.4 Å². The summed E-state index contributed by atoms with van der Waals surface area (Å²) in [6.45, 7) is 0.401. The minimum atomic E-state index is -3.18. The second-order valence-electron chi connectivity index (χ2n) is 4.22. The monoisotopic (exact) mass is 270 g/mol. The van der Waals surface area contributed by atoms with Crippen LogP contribution in [0.2, 0.25) is 0 Å². The van der Waals surface area contributed by atoms with Crippen LogP contribution in [0.5, 0.6) is 0 Å². The average Bonchev–Trinajstić information content (AvgIpc) is 2.33. The summed E-state index contributed by atoms with van der Waals surface area (Å²) >= 11 is 0. The number of hydrogen-bond acceptors (Lipinski definition) is 3. The minimum Gasteiger partial charge on any atom is -0.443 e. The van der Waals surface area contributed by atoms with E-state index in [1.54, 1.807) is 0 Å². The first-order chi connectivity index (χ1) is 8.88. The summed E-state index contributed by atoms with van der Waals surface area (Å²) in [5, 5.41) is 4.61. The van der Waals surface area contributed by atoms with E-state index in [1.165, 1.54) is 31.2 Å². The summed E-state index contributed by atoms with van der Waals surface area (Å²) in [5.41, 5.74) is 0.744. The lowest BCUT2D eigenvalue weighted by Crippen LogP contribution is -2.49. The van der Waals surface area contributed by atoms with Crippen molar-refractivity contribution in [1.82, 2.24) is 5.32 Å². The first kappa shape index (κ1) is 13.3. The number of hydrogen-bond donors (Lipinski definition) is 2. The normalized spacial score (nSPS) is 21.2. The molecule has 1 saturated heterocycles. The molecule has 2 amide bonds. The molecule has 5 nitrogen and oxygen atoms in total. The molecule has 19 heavy (non-hydrogen) atoms. The molecule has 0 saturated carbocycles. The molecule has 1 heterocycles. The molecule has 0 unspecified atom stereocenters. The first-order valence-electron chi connectivity index (χ1n) is 5.57. The van der Waals surface area contributed by atoms with Crippen LogP contribution in [0.15, 0.2) is 24.3 Å². The SMILES string of the molecule is CC(=O)Nc1ccc([C@@H]2NC(=O)OCC2(F)F)cc1. The van der Waals surface area contributed by atoms with Gasteiger partial charge in [0, 0.05) is 12.6 Å². The minimum absolute atomic E-state index is 0.246. The molecule has 2 N–H and O–H groups in total. The molecule has 1 aliphatic heterocycles. The highest BCUT2D eigenvalue weighted by Crippen LogP contribution is 2.34. The maximum atomic E-state index is 13.6. The zero-order chi connectivity index (χ0) is 14.0. The molecule has 0 radical (unpaired) electrons. The molecule has 0 aromatic heterocycles. The standard InChI is InChI=1S/C12H12F2N2O3/c1-7(17)15-9-4-2-8(3-5-9)10-12(13,14)6-19-11(18)16-10/h2-5,10H,6H2,1H3,(H,15,17)(H,16,18)/t10-/m0/s1. The highest BCUT2D eigenvalue weighted by Gasteiger charge is 2.46. The van der Waals surface area contributed by atoms with E-state index in [0.29, 0.717) is 5.69 Å². The molecule has 1 atom stereocenters. The van der Waals surface area contributed by atoms with Gasteiger partial charge in [0.2, 0.25) is 5.91 Å². The van der Waals surface area contributed by atoms with Crippen LogP contribution in [0, 0.1) is 0 Å². The van der Waals surface area contributed by atoms with Gasteiger partial charge in [-0.25, -0.2) is 13.6 Å². The molecular weight excluding hydrogens is 258 g/mol. The Morgan fingerprint density at radius 2 is 2.05 bits per heavy atom. The van der Waals surface area contributed by atoms with Gasteiger partial charge in [-0.15, -0.1) is 0 Å². The van der Waals surface area contributed by atoms with Crippen molar-refractivity contribution in [3.63, 3.8) is 0 Å². The maximum absolute atomic E-state index is 13.6. The predicted molar refractivity (Wildman–Crippen MR) is 62.9 cm³/mol. The number of alkyl carbamates (subject to hydrolysis) is 1. The Kier molecular flexibility index (Phi) is 3.37. The third kappa shape index (κ3) is 2.98. The van der Waals surface area contributed by atoms with Crippen LogP contribution in [0.1, 0.15) is 18.5 Å². The van der Waals surface area contributed by atoms with Crippen molar-refractivity contribution in [3.8, 4) is 0 Å². The van der Waals surface area contributed by atoms with E-state index in [1.807, 2.05) is 0 Å². The summed E-state index contributed by atoms with van der Waals surface area (Å²) in [4.78, 5) is 21.9. The van der Waals surface area contributed by atoms with Crippen LogP contribution >= 0.6 is 0 Å². The van der Waals surface area contributed by atoms with Crippen molar-refractivity contribution in [2.45, 2.75) is 18.9 Å². The molecule has 0 bridgehead atoms. The van der Waals surface area contributed by atoms with Crippen LogP contribution < -0.4 is 10.6 Å². The molecular formula is C12H12F2N2O3. The lowest BCUT2D eigenvalue weighted by Gasteiger charge is -2.31. The summed E-state index contributed by atoms with van der Waals surface area (Å²) in [6.07, 6.45) is -0.873. The summed E-state index contributed by atoms with van der Waals surface area (Å²) in [6, 6.07) is 4.41. The lowest BCUT2D eigenvalue weighted by molar-refractivity contribution is -0.114. The van der Waals surface area contributed by atoms with E-state index >= 15 is 0 Å². The molecule has 1 aliphatic rings. The Morgan fingerprint density at radius 3 is 2.63 bits per heavy atom.